The Bertz CT molecular complexity index is 1420. The summed E-state index contributed by atoms with van der Waals surface area (Å²) in [5.41, 5.74) is -0.165. The van der Waals surface area contributed by atoms with Crippen molar-refractivity contribution in [2.45, 2.75) is 44.1 Å². The van der Waals surface area contributed by atoms with Crippen molar-refractivity contribution < 1.29 is 9.90 Å². The van der Waals surface area contributed by atoms with Crippen LogP contribution in [0.3, 0.4) is 0 Å². The number of para-hydroxylation sites is 1. The first-order valence-corrected chi connectivity index (χ1v) is 12.5. The molecular weight excluding hydrogens is 456 g/mol. The molecule has 7 rings (SSSR count). The van der Waals surface area contributed by atoms with E-state index in [-0.39, 0.29) is 17.0 Å². The predicted molar refractivity (Wildman–Crippen MR) is 136 cm³/mol. The fourth-order valence-electron chi connectivity index (χ4n) is 6.89. The molecule has 184 valence electrons. The van der Waals surface area contributed by atoms with Crippen molar-refractivity contribution in [3.63, 3.8) is 0 Å². The summed E-state index contributed by atoms with van der Waals surface area (Å²) in [6.45, 7) is 0. The molecule has 1 heterocycles. The van der Waals surface area contributed by atoms with Crippen molar-refractivity contribution in [3.05, 3.63) is 86.6 Å². The van der Waals surface area contributed by atoms with E-state index in [2.05, 4.69) is 15.3 Å². The minimum Gasteiger partial charge on any atom is -0.493 e. The smallest absolute Gasteiger partial charge is 0.335 e. The molecule has 0 aliphatic heterocycles. The molecule has 8 heteroatoms. The number of aliphatic imine (C=N–C) groups is 1. The van der Waals surface area contributed by atoms with E-state index in [1.807, 2.05) is 0 Å². The van der Waals surface area contributed by atoms with Gasteiger partial charge < -0.3 is 10.4 Å². The number of nitrogens with zero attached hydrogens (tertiary/aromatic N) is 2. The Morgan fingerprint density at radius 3 is 2.19 bits per heavy atom. The Morgan fingerprint density at radius 2 is 1.58 bits per heavy atom. The molecule has 4 saturated carbocycles. The van der Waals surface area contributed by atoms with Gasteiger partial charge in [0.2, 0.25) is 5.88 Å². The monoisotopic (exact) mass is 484 g/mol. The van der Waals surface area contributed by atoms with E-state index in [1.54, 1.807) is 54.6 Å². The maximum Gasteiger partial charge on any atom is 0.335 e. The van der Waals surface area contributed by atoms with E-state index in [9.17, 15) is 19.5 Å². The minimum atomic E-state index is -0.741. The third-order valence-corrected chi connectivity index (χ3v) is 8.02. The summed E-state index contributed by atoms with van der Waals surface area (Å²) in [6, 6.07) is 15.4. The fourth-order valence-corrected chi connectivity index (χ4v) is 6.89. The van der Waals surface area contributed by atoms with E-state index in [0.717, 1.165) is 41.6 Å². The van der Waals surface area contributed by atoms with Gasteiger partial charge in [0.25, 0.3) is 11.5 Å². The first kappa shape index (κ1) is 22.5. The number of aromatic nitrogens is 2. The molecular formula is C28H28N4O4. The van der Waals surface area contributed by atoms with Crippen LogP contribution in [-0.2, 0) is 0 Å². The van der Waals surface area contributed by atoms with Crippen LogP contribution in [0.4, 0.5) is 5.69 Å². The summed E-state index contributed by atoms with van der Waals surface area (Å²) in [4.78, 5) is 44.2. The van der Waals surface area contributed by atoms with Gasteiger partial charge in [0.15, 0.2) is 0 Å². The lowest BCUT2D eigenvalue weighted by atomic mass is 9.53. The number of hydrogen-bond acceptors (Lipinski definition) is 5. The summed E-state index contributed by atoms with van der Waals surface area (Å²) in [6.07, 6.45) is 8.47. The van der Waals surface area contributed by atoms with Crippen molar-refractivity contribution in [3.8, 4) is 11.6 Å². The predicted octanol–water partition coefficient (Wildman–Crippen LogP) is 3.68. The van der Waals surface area contributed by atoms with E-state index in [4.69, 9.17) is 0 Å². The second-order valence-corrected chi connectivity index (χ2v) is 10.6. The summed E-state index contributed by atoms with van der Waals surface area (Å²) >= 11 is 0. The summed E-state index contributed by atoms with van der Waals surface area (Å²) < 4.78 is 1.01. The molecule has 4 fully saturated rings. The van der Waals surface area contributed by atoms with Gasteiger partial charge in [-0.25, -0.2) is 9.36 Å². The average Bonchev–Trinajstić information content (AvgIpc) is 2.83. The zero-order valence-corrected chi connectivity index (χ0v) is 19.8. The molecule has 0 radical (unpaired) electrons. The third kappa shape index (κ3) is 4.06. The molecule has 2 aromatic carbocycles. The highest BCUT2D eigenvalue weighted by atomic mass is 16.3. The summed E-state index contributed by atoms with van der Waals surface area (Å²) in [5.74, 6) is 1.71. The summed E-state index contributed by atoms with van der Waals surface area (Å²) in [5, 5.41) is 14.0. The number of aromatic hydroxyl groups is 1. The van der Waals surface area contributed by atoms with Crippen molar-refractivity contribution in [1.29, 1.82) is 0 Å². The highest BCUT2D eigenvalue weighted by Gasteiger charge is 2.51. The molecule has 4 bridgehead atoms. The van der Waals surface area contributed by atoms with E-state index < -0.39 is 17.1 Å². The number of carbonyl (C=O) groups excluding carboxylic acids is 1. The van der Waals surface area contributed by atoms with Gasteiger partial charge in [-0.1, -0.05) is 18.2 Å². The van der Waals surface area contributed by atoms with Crippen LogP contribution < -0.4 is 16.6 Å². The van der Waals surface area contributed by atoms with E-state index in [0.29, 0.717) is 16.9 Å². The first-order valence-electron chi connectivity index (χ1n) is 12.5. The number of rotatable bonds is 5. The lowest BCUT2D eigenvalue weighted by molar-refractivity contribution is -0.0167. The van der Waals surface area contributed by atoms with Gasteiger partial charge in [0.1, 0.15) is 5.56 Å². The lowest BCUT2D eigenvalue weighted by Crippen LogP contribution is -2.59. The van der Waals surface area contributed by atoms with Crippen LogP contribution in [0, 0.1) is 17.8 Å². The van der Waals surface area contributed by atoms with Crippen molar-refractivity contribution in [1.82, 2.24) is 14.9 Å². The largest absolute Gasteiger partial charge is 0.493 e. The van der Waals surface area contributed by atoms with Crippen LogP contribution >= 0.6 is 0 Å². The molecule has 0 unspecified atom stereocenters. The number of aromatic amines is 1. The molecule has 0 spiro atoms. The number of benzene rings is 2. The molecule has 1 aromatic heterocycles. The van der Waals surface area contributed by atoms with Gasteiger partial charge in [0, 0.05) is 17.3 Å². The Balaban J connectivity index is 1.20. The molecule has 4 aliphatic carbocycles. The average molecular weight is 485 g/mol. The Labute approximate surface area is 207 Å². The zero-order chi connectivity index (χ0) is 24.9. The molecule has 36 heavy (non-hydrogen) atoms. The second kappa shape index (κ2) is 8.62. The van der Waals surface area contributed by atoms with Gasteiger partial charge in [-0.3, -0.25) is 19.6 Å². The molecule has 1 amide bonds. The maximum absolute atomic E-state index is 13.1. The molecule has 4 aliphatic rings. The SMILES string of the molecule is O=C(NC12CC3CC(CC(C3)C1)C2)c1ccc(N=Cc2c(O)n(-c3ccccc3)c(=O)[nH]c2=O)cc1. The van der Waals surface area contributed by atoms with Crippen LogP contribution in [0.1, 0.15) is 54.4 Å². The van der Waals surface area contributed by atoms with Gasteiger partial charge >= 0.3 is 5.69 Å². The second-order valence-electron chi connectivity index (χ2n) is 10.6. The van der Waals surface area contributed by atoms with Crippen LogP contribution in [-0.4, -0.2) is 32.3 Å². The Kier molecular flexibility index (Phi) is 5.39. The van der Waals surface area contributed by atoms with E-state index in [1.165, 1.54) is 25.5 Å². The maximum atomic E-state index is 13.1. The quantitative estimate of drug-likeness (QED) is 0.479. The molecule has 3 aromatic rings. The van der Waals surface area contributed by atoms with E-state index >= 15 is 0 Å². The third-order valence-electron chi connectivity index (χ3n) is 8.02. The van der Waals surface area contributed by atoms with Crippen LogP contribution in [0.2, 0.25) is 0 Å². The number of hydrogen-bond donors (Lipinski definition) is 3. The first-order chi connectivity index (χ1) is 17.4. The van der Waals surface area contributed by atoms with Gasteiger partial charge in [-0.15, -0.1) is 0 Å². The van der Waals surface area contributed by atoms with Crippen LogP contribution in [0.15, 0.2) is 69.2 Å². The van der Waals surface area contributed by atoms with Gasteiger partial charge in [-0.2, -0.15) is 0 Å². The van der Waals surface area contributed by atoms with Gasteiger partial charge in [0.05, 0.1) is 11.4 Å². The highest BCUT2D eigenvalue weighted by Crippen LogP contribution is 2.55. The fraction of sp³-hybridized carbons (Fsp3) is 0.357. The topological polar surface area (TPSA) is 117 Å². The molecule has 0 atom stereocenters. The molecule has 3 N–H and O–H groups in total. The van der Waals surface area contributed by atoms with Crippen molar-refractivity contribution in [2.75, 3.05) is 0 Å². The Morgan fingerprint density at radius 1 is 0.972 bits per heavy atom. The molecule has 0 saturated heterocycles. The van der Waals surface area contributed by atoms with Crippen molar-refractivity contribution in [2.24, 2.45) is 22.7 Å². The van der Waals surface area contributed by atoms with Gasteiger partial charge in [-0.05, 0) is 92.7 Å². The van der Waals surface area contributed by atoms with Crippen molar-refractivity contribution >= 4 is 17.8 Å². The number of nitrogens with one attached hydrogen (secondary N) is 2. The number of carbonyl (C=O) groups is 1. The summed E-state index contributed by atoms with van der Waals surface area (Å²) in [7, 11) is 0. The lowest BCUT2D eigenvalue weighted by Gasteiger charge is -2.56. The Hall–Kier alpha value is -3.94. The minimum absolute atomic E-state index is 0.0525. The highest BCUT2D eigenvalue weighted by molar-refractivity contribution is 5.95. The normalized spacial score (nSPS) is 26.4. The number of amides is 1. The van der Waals surface area contributed by atoms with Crippen LogP contribution in [0.25, 0.3) is 5.69 Å². The zero-order valence-electron chi connectivity index (χ0n) is 19.8. The van der Waals surface area contributed by atoms with Crippen LogP contribution in [0.5, 0.6) is 5.88 Å². The number of H-pyrrole nitrogens is 1. The standard InChI is InChI=1S/C28H28N4O4/c33-24(31-28-13-17-10-18(14-28)12-19(11-17)15-28)20-6-8-21(9-7-20)29-16-23-25(34)30-27(36)32(26(23)35)22-4-2-1-3-5-22/h1-9,16-19,35H,10-15H2,(H,31,33)(H,30,34,36). The molecule has 8 nitrogen and oxygen atoms in total.